The first-order valence-corrected chi connectivity index (χ1v) is 12.3. The molecule has 1 aliphatic carbocycles. The second kappa shape index (κ2) is 8.08. The van der Waals surface area contributed by atoms with Crippen LogP contribution in [0.4, 0.5) is 0 Å². The van der Waals surface area contributed by atoms with Crippen molar-refractivity contribution in [1.82, 2.24) is 29.0 Å². The molecule has 0 radical (unpaired) electrons. The van der Waals surface area contributed by atoms with Crippen LogP contribution in [0.25, 0.3) is 11.0 Å². The zero-order chi connectivity index (χ0) is 20.6. The largest absolute Gasteiger partial charge is 0.328 e. The molecule has 1 N–H and O–H groups in total. The van der Waals surface area contributed by atoms with Crippen molar-refractivity contribution in [3.8, 4) is 0 Å². The minimum Gasteiger partial charge on any atom is -0.328 e. The van der Waals surface area contributed by atoms with Crippen molar-refractivity contribution in [2.24, 2.45) is 0 Å². The Labute approximate surface area is 175 Å². The van der Waals surface area contributed by atoms with Crippen LogP contribution >= 0.6 is 11.8 Å². The second-order valence-electron chi connectivity index (χ2n) is 7.48. The molecule has 0 spiro atoms. The fourth-order valence-electron chi connectivity index (χ4n) is 3.83. The molecule has 10 heteroatoms. The molecule has 156 valence electrons. The summed E-state index contributed by atoms with van der Waals surface area (Å²) in [4.78, 5) is 9.62. The molecule has 0 saturated heterocycles. The van der Waals surface area contributed by atoms with E-state index in [4.69, 9.17) is 4.98 Å². The Balaban J connectivity index is 1.57. The van der Waals surface area contributed by atoms with Crippen LogP contribution in [0.5, 0.6) is 0 Å². The molecular weight excluding hydrogens is 408 g/mol. The standard InChI is InChI=1S/C19H26N6O2S2/c1-4-25-16-10-9-14(29(26,27)24(2)3)11-15(16)20-17(25)12-28-19-21-18(22-23-19)13-7-5-6-8-13/h9-11,13H,4-8,12H2,1-3H3,(H,21,22,23). The molecule has 8 nitrogen and oxygen atoms in total. The Kier molecular flexibility index (Phi) is 5.67. The van der Waals surface area contributed by atoms with Crippen molar-refractivity contribution in [2.45, 2.75) is 60.9 Å². The molecule has 0 unspecified atom stereocenters. The molecule has 0 amide bonds. The summed E-state index contributed by atoms with van der Waals surface area (Å²) in [7, 11) is -0.423. The van der Waals surface area contributed by atoms with Gasteiger partial charge in [-0.2, -0.15) is 0 Å². The molecule has 1 aromatic carbocycles. The predicted octanol–water partition coefficient (Wildman–Crippen LogP) is 3.37. The van der Waals surface area contributed by atoms with Crippen LogP contribution in [0.2, 0.25) is 0 Å². The number of nitrogens with one attached hydrogen (secondary N) is 1. The van der Waals surface area contributed by atoms with Crippen LogP contribution in [0.15, 0.2) is 28.3 Å². The van der Waals surface area contributed by atoms with Crippen LogP contribution in [0, 0.1) is 0 Å². The Morgan fingerprint density at radius 2 is 2.00 bits per heavy atom. The van der Waals surface area contributed by atoms with Crippen LogP contribution in [0.3, 0.4) is 0 Å². The van der Waals surface area contributed by atoms with Gasteiger partial charge in [-0.25, -0.2) is 22.7 Å². The number of aromatic amines is 1. The Hall–Kier alpha value is -1.91. The minimum atomic E-state index is -3.48. The number of fused-ring (bicyclic) bond motifs is 1. The van der Waals surface area contributed by atoms with Gasteiger partial charge < -0.3 is 4.57 Å². The molecule has 2 heterocycles. The molecule has 1 aliphatic rings. The summed E-state index contributed by atoms with van der Waals surface area (Å²) in [6.45, 7) is 2.82. The van der Waals surface area contributed by atoms with Gasteiger partial charge in [-0.3, -0.25) is 5.10 Å². The van der Waals surface area contributed by atoms with Gasteiger partial charge in [0.25, 0.3) is 0 Å². The van der Waals surface area contributed by atoms with Crippen LogP contribution in [-0.2, 0) is 22.3 Å². The topological polar surface area (TPSA) is 96.8 Å². The third-order valence-electron chi connectivity index (χ3n) is 5.45. The van der Waals surface area contributed by atoms with E-state index < -0.39 is 10.0 Å². The number of thioether (sulfide) groups is 1. The highest BCUT2D eigenvalue weighted by Gasteiger charge is 2.22. The minimum absolute atomic E-state index is 0.255. The molecule has 1 fully saturated rings. The predicted molar refractivity (Wildman–Crippen MR) is 113 cm³/mol. The zero-order valence-corrected chi connectivity index (χ0v) is 18.6. The molecule has 4 rings (SSSR count). The van der Waals surface area contributed by atoms with Crippen molar-refractivity contribution in [3.05, 3.63) is 29.8 Å². The van der Waals surface area contributed by atoms with E-state index in [9.17, 15) is 8.42 Å². The quantitative estimate of drug-likeness (QED) is 0.573. The van der Waals surface area contributed by atoms with Gasteiger partial charge in [-0.1, -0.05) is 24.6 Å². The van der Waals surface area contributed by atoms with Crippen LogP contribution in [0.1, 0.15) is 50.2 Å². The van der Waals surface area contributed by atoms with E-state index in [1.807, 2.05) is 6.07 Å². The fourth-order valence-corrected chi connectivity index (χ4v) is 5.50. The first-order chi connectivity index (χ1) is 13.9. The Morgan fingerprint density at radius 1 is 1.24 bits per heavy atom. The van der Waals surface area contributed by atoms with Gasteiger partial charge in [0.1, 0.15) is 11.6 Å². The number of H-pyrrole nitrogens is 1. The van der Waals surface area contributed by atoms with E-state index in [0.29, 0.717) is 17.2 Å². The van der Waals surface area contributed by atoms with E-state index in [2.05, 4.69) is 26.7 Å². The third-order valence-corrected chi connectivity index (χ3v) is 8.10. The summed E-state index contributed by atoms with van der Waals surface area (Å²) in [5.74, 6) is 3.01. The van der Waals surface area contributed by atoms with Gasteiger partial charge in [0.2, 0.25) is 15.2 Å². The van der Waals surface area contributed by atoms with Crippen molar-refractivity contribution in [3.63, 3.8) is 0 Å². The summed E-state index contributed by atoms with van der Waals surface area (Å²) in [6, 6.07) is 5.13. The molecule has 0 atom stereocenters. The molecule has 0 aliphatic heterocycles. The lowest BCUT2D eigenvalue weighted by atomic mass is 10.1. The molecule has 29 heavy (non-hydrogen) atoms. The lowest BCUT2D eigenvalue weighted by molar-refractivity contribution is 0.521. The number of hydrogen-bond acceptors (Lipinski definition) is 6. The summed E-state index contributed by atoms with van der Waals surface area (Å²) in [5, 5.41) is 8.18. The molecule has 2 aromatic heterocycles. The van der Waals surface area contributed by atoms with Crippen molar-refractivity contribution >= 4 is 32.8 Å². The molecule has 3 aromatic rings. The number of nitrogens with zero attached hydrogens (tertiary/aromatic N) is 5. The lowest BCUT2D eigenvalue weighted by Crippen LogP contribution is -2.22. The van der Waals surface area contributed by atoms with Gasteiger partial charge in [-0.15, -0.1) is 5.10 Å². The summed E-state index contributed by atoms with van der Waals surface area (Å²) < 4.78 is 28.2. The van der Waals surface area contributed by atoms with E-state index in [1.54, 1.807) is 23.9 Å². The molecule has 1 saturated carbocycles. The highest BCUT2D eigenvalue weighted by atomic mass is 32.2. The van der Waals surface area contributed by atoms with E-state index in [0.717, 1.165) is 28.9 Å². The Bertz CT molecular complexity index is 1110. The number of hydrogen-bond donors (Lipinski definition) is 1. The van der Waals surface area contributed by atoms with Crippen molar-refractivity contribution in [1.29, 1.82) is 0 Å². The highest BCUT2D eigenvalue weighted by molar-refractivity contribution is 7.98. The maximum atomic E-state index is 12.4. The highest BCUT2D eigenvalue weighted by Crippen LogP contribution is 2.33. The normalized spacial score (nSPS) is 15.7. The van der Waals surface area contributed by atoms with Crippen LogP contribution < -0.4 is 0 Å². The van der Waals surface area contributed by atoms with Gasteiger partial charge in [0.15, 0.2) is 0 Å². The number of sulfonamides is 1. The maximum Gasteiger partial charge on any atom is 0.242 e. The SMILES string of the molecule is CCn1c(CSc2n[nH]c(C3CCCC3)n2)nc2cc(S(=O)(=O)N(C)C)ccc21. The number of imidazole rings is 1. The molecular formula is C19H26N6O2S2. The van der Waals surface area contributed by atoms with Gasteiger partial charge in [0.05, 0.1) is 21.7 Å². The van der Waals surface area contributed by atoms with Crippen molar-refractivity contribution in [2.75, 3.05) is 14.1 Å². The monoisotopic (exact) mass is 434 g/mol. The van der Waals surface area contributed by atoms with Gasteiger partial charge in [-0.05, 0) is 38.0 Å². The number of aryl methyl sites for hydroxylation is 1. The summed E-state index contributed by atoms with van der Waals surface area (Å²) >= 11 is 1.55. The average Bonchev–Trinajstić information content (AvgIpc) is 3.43. The summed E-state index contributed by atoms with van der Waals surface area (Å²) in [6.07, 6.45) is 4.89. The first-order valence-electron chi connectivity index (χ1n) is 9.87. The third kappa shape index (κ3) is 3.93. The lowest BCUT2D eigenvalue weighted by Gasteiger charge is -2.11. The Morgan fingerprint density at radius 3 is 2.69 bits per heavy atom. The number of aromatic nitrogens is 5. The summed E-state index contributed by atoms with van der Waals surface area (Å²) in [5.41, 5.74) is 1.62. The van der Waals surface area contributed by atoms with Crippen molar-refractivity contribution < 1.29 is 8.42 Å². The average molecular weight is 435 g/mol. The van der Waals surface area contributed by atoms with Gasteiger partial charge in [0, 0.05) is 26.6 Å². The first kappa shape index (κ1) is 20.4. The zero-order valence-electron chi connectivity index (χ0n) is 16.9. The maximum absolute atomic E-state index is 12.4. The van der Waals surface area contributed by atoms with Gasteiger partial charge >= 0.3 is 0 Å². The number of benzene rings is 1. The number of rotatable bonds is 7. The smallest absolute Gasteiger partial charge is 0.242 e. The van der Waals surface area contributed by atoms with Crippen LogP contribution in [-0.4, -0.2) is 51.6 Å². The van der Waals surface area contributed by atoms with E-state index >= 15 is 0 Å². The van der Waals surface area contributed by atoms with E-state index in [-0.39, 0.29) is 4.90 Å². The second-order valence-corrected chi connectivity index (χ2v) is 10.6. The van der Waals surface area contributed by atoms with E-state index in [1.165, 1.54) is 44.1 Å². The fraction of sp³-hybridized carbons (Fsp3) is 0.526. The molecule has 0 bridgehead atoms.